The summed E-state index contributed by atoms with van der Waals surface area (Å²) in [4.78, 5) is -0.113. The van der Waals surface area contributed by atoms with Crippen LogP contribution in [-0.2, 0) is 16.5 Å². The molecule has 132 valence electrons. The molecule has 0 aromatic heterocycles. The molecule has 0 heterocycles. The maximum absolute atomic E-state index is 11.4. The molecule has 2 aromatic carbocycles. The summed E-state index contributed by atoms with van der Waals surface area (Å²) in [6, 6.07) is 10.6. The van der Waals surface area contributed by atoms with Crippen molar-refractivity contribution in [1.29, 1.82) is 0 Å². The molecular formula is C20H27KO3S. The number of unbranched alkanes of at least 4 members (excludes halogenated alkanes) is 7. The van der Waals surface area contributed by atoms with Crippen LogP contribution in [0, 0.1) is 0 Å². The molecule has 2 rings (SSSR count). The van der Waals surface area contributed by atoms with Gasteiger partial charge in [0.05, 0.1) is 4.90 Å². The summed E-state index contributed by atoms with van der Waals surface area (Å²) < 4.78 is 34.2. The predicted octanol–water partition coefficient (Wildman–Crippen LogP) is 2.43. The second-order valence-corrected chi connectivity index (χ2v) is 7.80. The smallest absolute Gasteiger partial charge is 0.744 e. The van der Waals surface area contributed by atoms with Gasteiger partial charge in [-0.1, -0.05) is 82.2 Å². The SMILES string of the molecule is CCCCCCCCCCc1cccc2c(S(=O)(=O)[O-])cccc12.[K+]. The second-order valence-electron chi connectivity index (χ2n) is 6.45. The van der Waals surface area contributed by atoms with Crippen molar-refractivity contribution in [1.82, 2.24) is 0 Å². The molecule has 3 nitrogen and oxygen atoms in total. The van der Waals surface area contributed by atoms with Gasteiger partial charge in [0.25, 0.3) is 0 Å². The zero-order valence-corrected chi connectivity index (χ0v) is 19.4. The fraction of sp³-hybridized carbons (Fsp3) is 0.500. The van der Waals surface area contributed by atoms with Crippen LogP contribution in [0.4, 0.5) is 0 Å². The van der Waals surface area contributed by atoms with Crippen molar-refractivity contribution in [2.24, 2.45) is 0 Å². The van der Waals surface area contributed by atoms with Gasteiger partial charge in [0.1, 0.15) is 10.1 Å². The van der Waals surface area contributed by atoms with E-state index in [0.29, 0.717) is 5.39 Å². The second kappa shape index (κ2) is 11.9. The molecule has 0 aliphatic rings. The molecule has 0 aliphatic heterocycles. The van der Waals surface area contributed by atoms with E-state index in [0.717, 1.165) is 23.8 Å². The average molecular weight is 387 g/mol. The standard InChI is InChI=1S/C20H28O3S.K/c1-2-3-4-5-6-7-8-9-12-17-13-10-15-19-18(17)14-11-16-20(19)24(21,22)23;/h10-11,13-16H,2-9,12H2,1H3,(H,21,22,23);/q;+1/p-1. The van der Waals surface area contributed by atoms with Gasteiger partial charge in [-0.15, -0.1) is 0 Å². The van der Waals surface area contributed by atoms with Gasteiger partial charge in [-0.05, 0) is 35.2 Å². The third kappa shape index (κ3) is 7.41. The molecule has 0 saturated heterocycles. The van der Waals surface area contributed by atoms with Crippen LogP contribution in [0.2, 0.25) is 0 Å². The topological polar surface area (TPSA) is 57.2 Å². The summed E-state index contributed by atoms with van der Waals surface area (Å²) >= 11 is 0. The maximum atomic E-state index is 11.4. The zero-order chi connectivity index (χ0) is 17.4. The molecule has 0 radical (unpaired) electrons. The molecular weight excluding hydrogens is 359 g/mol. The van der Waals surface area contributed by atoms with Gasteiger partial charge >= 0.3 is 51.4 Å². The molecule has 0 spiro atoms. The Morgan fingerprint density at radius 3 is 2.00 bits per heavy atom. The monoisotopic (exact) mass is 386 g/mol. The van der Waals surface area contributed by atoms with Crippen LogP contribution in [0.25, 0.3) is 10.8 Å². The fourth-order valence-corrected chi connectivity index (χ4v) is 3.92. The number of hydrogen-bond acceptors (Lipinski definition) is 3. The molecule has 25 heavy (non-hydrogen) atoms. The summed E-state index contributed by atoms with van der Waals surface area (Å²) in [7, 11) is -4.44. The van der Waals surface area contributed by atoms with Gasteiger partial charge in [-0.2, -0.15) is 0 Å². The Morgan fingerprint density at radius 2 is 1.36 bits per heavy atom. The first-order valence-corrected chi connectivity index (χ1v) is 10.4. The van der Waals surface area contributed by atoms with E-state index >= 15 is 0 Å². The molecule has 2 aromatic rings. The Morgan fingerprint density at radius 1 is 0.800 bits per heavy atom. The Bertz CT molecular complexity index is 757. The Labute approximate surface area is 194 Å². The Kier molecular flexibility index (Phi) is 11.0. The average Bonchev–Trinajstić information content (AvgIpc) is 2.56. The first-order valence-electron chi connectivity index (χ1n) is 9.00. The summed E-state index contributed by atoms with van der Waals surface area (Å²) in [5, 5.41) is 1.43. The van der Waals surface area contributed by atoms with Crippen molar-refractivity contribution in [2.75, 3.05) is 0 Å². The molecule has 0 aliphatic carbocycles. The van der Waals surface area contributed by atoms with E-state index < -0.39 is 10.1 Å². The van der Waals surface area contributed by atoms with Crippen LogP contribution in [0.1, 0.15) is 63.9 Å². The molecule has 0 saturated carbocycles. The first kappa shape index (κ1) is 23.3. The third-order valence-electron chi connectivity index (χ3n) is 4.54. The molecule has 0 atom stereocenters. The molecule has 0 bridgehead atoms. The third-order valence-corrected chi connectivity index (χ3v) is 5.44. The van der Waals surface area contributed by atoms with Crippen molar-refractivity contribution in [3.05, 3.63) is 42.0 Å². The van der Waals surface area contributed by atoms with Gasteiger partial charge in [0.2, 0.25) is 0 Å². The molecule has 5 heteroatoms. The van der Waals surface area contributed by atoms with Crippen molar-refractivity contribution < 1.29 is 64.4 Å². The predicted molar refractivity (Wildman–Crippen MR) is 98.2 cm³/mol. The quantitative estimate of drug-likeness (QED) is 0.358. The summed E-state index contributed by atoms with van der Waals surface area (Å²) in [6.45, 7) is 2.23. The molecule has 0 unspecified atom stereocenters. The number of fused-ring (bicyclic) bond motifs is 1. The van der Waals surface area contributed by atoms with E-state index in [2.05, 4.69) is 6.92 Å². The van der Waals surface area contributed by atoms with Gasteiger partial charge < -0.3 is 4.55 Å². The minimum atomic E-state index is -4.44. The van der Waals surface area contributed by atoms with Crippen LogP contribution < -0.4 is 51.4 Å². The maximum Gasteiger partial charge on any atom is 1.00 e. The van der Waals surface area contributed by atoms with Crippen molar-refractivity contribution in [3.8, 4) is 0 Å². The van der Waals surface area contributed by atoms with Gasteiger partial charge in [-0.25, -0.2) is 8.42 Å². The molecule has 0 N–H and O–H groups in total. The van der Waals surface area contributed by atoms with E-state index in [1.165, 1.54) is 51.0 Å². The van der Waals surface area contributed by atoms with Crippen LogP contribution >= 0.6 is 0 Å². The van der Waals surface area contributed by atoms with Crippen LogP contribution in [0.15, 0.2) is 41.3 Å². The number of rotatable bonds is 10. The minimum absolute atomic E-state index is 0. The normalized spacial score (nSPS) is 11.4. The summed E-state index contributed by atoms with van der Waals surface area (Å²) in [6.07, 6.45) is 11.1. The molecule has 0 fully saturated rings. The van der Waals surface area contributed by atoms with E-state index in [1.54, 1.807) is 12.1 Å². The van der Waals surface area contributed by atoms with Crippen molar-refractivity contribution in [3.63, 3.8) is 0 Å². The molecule has 0 amide bonds. The Hall–Kier alpha value is 0.246. The zero-order valence-electron chi connectivity index (χ0n) is 15.5. The fourth-order valence-electron chi connectivity index (χ4n) is 3.23. The minimum Gasteiger partial charge on any atom is -0.744 e. The summed E-state index contributed by atoms with van der Waals surface area (Å²) in [5.41, 5.74) is 1.13. The Balaban J connectivity index is 0.00000312. The number of hydrogen-bond donors (Lipinski definition) is 0. The van der Waals surface area contributed by atoms with Gasteiger partial charge in [-0.3, -0.25) is 0 Å². The van der Waals surface area contributed by atoms with Gasteiger partial charge in [0, 0.05) is 0 Å². The van der Waals surface area contributed by atoms with E-state index in [9.17, 15) is 13.0 Å². The van der Waals surface area contributed by atoms with E-state index in [4.69, 9.17) is 0 Å². The van der Waals surface area contributed by atoms with Gasteiger partial charge in [0.15, 0.2) is 0 Å². The number of benzene rings is 2. The van der Waals surface area contributed by atoms with Crippen molar-refractivity contribution in [2.45, 2.75) is 69.6 Å². The van der Waals surface area contributed by atoms with Crippen LogP contribution in [0.3, 0.4) is 0 Å². The first-order chi connectivity index (χ1) is 11.5. The van der Waals surface area contributed by atoms with Crippen molar-refractivity contribution >= 4 is 20.9 Å². The summed E-state index contributed by atoms with van der Waals surface area (Å²) in [5.74, 6) is 0. The van der Waals surface area contributed by atoms with E-state index in [-0.39, 0.29) is 56.3 Å². The van der Waals surface area contributed by atoms with E-state index in [1.807, 2.05) is 18.2 Å². The number of aryl methyl sites for hydroxylation is 1. The largest absolute Gasteiger partial charge is 1.00 e. The van der Waals surface area contributed by atoms with Crippen LogP contribution in [0.5, 0.6) is 0 Å². The van der Waals surface area contributed by atoms with Crippen LogP contribution in [-0.4, -0.2) is 13.0 Å².